The number of benzene rings is 2. The molecule has 0 aliphatic carbocycles. The Morgan fingerprint density at radius 1 is 1.29 bits per heavy atom. The molecule has 1 N–H and O–H groups in total. The van der Waals surface area contributed by atoms with Crippen LogP contribution in [-0.4, -0.2) is 23.0 Å². The number of aromatic nitrogens is 2. The van der Waals surface area contributed by atoms with Gasteiger partial charge in [0.15, 0.2) is 11.5 Å². The fourth-order valence-corrected chi connectivity index (χ4v) is 3.14. The minimum absolute atomic E-state index is 0.0117. The summed E-state index contributed by atoms with van der Waals surface area (Å²) in [6, 6.07) is 10.4. The van der Waals surface area contributed by atoms with Gasteiger partial charge in [0.05, 0.1) is 22.7 Å². The van der Waals surface area contributed by atoms with Crippen molar-refractivity contribution >= 4 is 17.0 Å². The maximum atomic E-state index is 12.8. The zero-order valence-corrected chi connectivity index (χ0v) is 14.9. The number of alkyl halides is 2. The average Bonchev–Trinajstić information content (AvgIpc) is 3.27. The number of hydrogen-bond donors (Lipinski definition) is 1. The molecule has 2 aromatic carbocycles. The molecule has 0 amide bonds. The fourth-order valence-electron chi connectivity index (χ4n) is 3.14. The Hall–Kier alpha value is -3.54. The monoisotopic (exact) mass is 386 g/mol. The second-order valence-corrected chi connectivity index (χ2v) is 6.04. The molecule has 0 unspecified atom stereocenters. The van der Waals surface area contributed by atoms with Crippen molar-refractivity contribution in [3.05, 3.63) is 41.5 Å². The molecule has 0 radical (unpaired) electrons. The van der Waals surface area contributed by atoms with Gasteiger partial charge in [-0.2, -0.15) is 14.0 Å². The first kappa shape index (κ1) is 17.9. The Bertz CT molecular complexity index is 1080. The minimum atomic E-state index is -2.95. The highest BCUT2D eigenvalue weighted by Gasteiger charge is 2.20. The van der Waals surface area contributed by atoms with Crippen molar-refractivity contribution in [3.8, 4) is 23.3 Å². The van der Waals surface area contributed by atoms with E-state index in [-0.39, 0.29) is 19.1 Å². The first-order chi connectivity index (χ1) is 13.6. The normalized spacial score (nSPS) is 12.4. The predicted octanol–water partition coefficient (Wildman–Crippen LogP) is 3.87. The number of nitrogens with zero attached hydrogens (tertiary/aromatic N) is 3. The number of halogens is 2. The highest BCUT2D eigenvalue weighted by Crippen LogP contribution is 2.39. The quantitative estimate of drug-likeness (QED) is 0.693. The summed E-state index contributed by atoms with van der Waals surface area (Å²) in [6.45, 7) is -0.119. The molecule has 2 heterocycles. The SMILES string of the molecule is CCn1c(NCc2cc3c(cc2OC(F)F)OCO3)nc2cc(C#N)ccc21. The summed E-state index contributed by atoms with van der Waals surface area (Å²) in [4.78, 5) is 4.53. The smallest absolute Gasteiger partial charge is 0.387 e. The van der Waals surface area contributed by atoms with Gasteiger partial charge in [-0.05, 0) is 31.2 Å². The predicted molar refractivity (Wildman–Crippen MR) is 96.6 cm³/mol. The standard InChI is InChI=1S/C19H16F2N4O3/c1-2-25-14-4-3-11(8-22)5-13(14)24-19(25)23-9-12-6-16-17(27-10-26-16)7-15(12)28-18(20)21/h3-7,18H,2,9-10H2,1H3,(H,23,24). The van der Waals surface area contributed by atoms with E-state index in [1.807, 2.05) is 17.6 Å². The molecule has 0 spiro atoms. The maximum Gasteiger partial charge on any atom is 0.387 e. The summed E-state index contributed by atoms with van der Waals surface area (Å²) in [5, 5.41) is 12.2. The van der Waals surface area contributed by atoms with Gasteiger partial charge in [-0.15, -0.1) is 0 Å². The van der Waals surface area contributed by atoms with Crippen molar-refractivity contribution < 1.29 is 23.0 Å². The molecule has 144 valence electrons. The Labute approximate surface area is 159 Å². The van der Waals surface area contributed by atoms with Crippen LogP contribution in [0.4, 0.5) is 14.7 Å². The van der Waals surface area contributed by atoms with E-state index in [4.69, 9.17) is 14.7 Å². The third kappa shape index (κ3) is 3.24. The van der Waals surface area contributed by atoms with Gasteiger partial charge in [0.25, 0.3) is 0 Å². The number of ether oxygens (including phenoxy) is 3. The molecule has 0 atom stereocenters. The van der Waals surface area contributed by atoms with Gasteiger partial charge < -0.3 is 24.1 Å². The maximum absolute atomic E-state index is 12.8. The van der Waals surface area contributed by atoms with E-state index in [9.17, 15) is 8.78 Å². The van der Waals surface area contributed by atoms with E-state index in [1.54, 1.807) is 18.2 Å². The molecule has 1 aliphatic heterocycles. The number of anilines is 1. The molecule has 0 saturated carbocycles. The molecule has 0 saturated heterocycles. The van der Waals surface area contributed by atoms with Crippen molar-refractivity contribution in [3.63, 3.8) is 0 Å². The molecule has 3 aromatic rings. The van der Waals surface area contributed by atoms with Crippen LogP contribution in [-0.2, 0) is 13.1 Å². The van der Waals surface area contributed by atoms with E-state index >= 15 is 0 Å². The van der Waals surface area contributed by atoms with Gasteiger partial charge in [0.1, 0.15) is 5.75 Å². The van der Waals surface area contributed by atoms with Crippen LogP contribution in [0.1, 0.15) is 18.1 Å². The van der Waals surface area contributed by atoms with E-state index in [1.165, 1.54) is 6.07 Å². The zero-order valence-electron chi connectivity index (χ0n) is 14.9. The first-order valence-corrected chi connectivity index (χ1v) is 8.60. The Morgan fingerprint density at radius 2 is 2.07 bits per heavy atom. The van der Waals surface area contributed by atoms with E-state index < -0.39 is 6.61 Å². The van der Waals surface area contributed by atoms with E-state index in [0.29, 0.717) is 40.6 Å². The fraction of sp³-hybridized carbons (Fsp3) is 0.263. The highest BCUT2D eigenvalue weighted by atomic mass is 19.3. The molecule has 1 aromatic heterocycles. The number of nitriles is 1. The first-order valence-electron chi connectivity index (χ1n) is 8.60. The molecular formula is C19H16F2N4O3. The van der Waals surface area contributed by atoms with Gasteiger partial charge in [0.2, 0.25) is 12.7 Å². The number of fused-ring (bicyclic) bond motifs is 2. The lowest BCUT2D eigenvalue weighted by Crippen LogP contribution is -2.10. The molecular weight excluding hydrogens is 370 g/mol. The molecule has 4 rings (SSSR count). The van der Waals surface area contributed by atoms with Crippen LogP contribution < -0.4 is 19.5 Å². The number of nitrogens with one attached hydrogen (secondary N) is 1. The summed E-state index contributed by atoms with van der Waals surface area (Å²) < 4.78 is 42.7. The van der Waals surface area contributed by atoms with Crippen LogP contribution in [0.5, 0.6) is 17.2 Å². The third-order valence-corrected chi connectivity index (χ3v) is 4.40. The number of aryl methyl sites for hydroxylation is 1. The second kappa shape index (κ2) is 7.23. The molecule has 7 nitrogen and oxygen atoms in total. The van der Waals surface area contributed by atoms with Crippen LogP contribution >= 0.6 is 0 Å². The van der Waals surface area contributed by atoms with Crippen LogP contribution in [0.25, 0.3) is 11.0 Å². The van der Waals surface area contributed by atoms with Crippen molar-refractivity contribution in [2.45, 2.75) is 26.6 Å². The Kier molecular flexibility index (Phi) is 4.61. The average molecular weight is 386 g/mol. The molecule has 28 heavy (non-hydrogen) atoms. The second-order valence-electron chi connectivity index (χ2n) is 6.04. The van der Waals surface area contributed by atoms with E-state index in [0.717, 1.165) is 5.52 Å². The molecule has 1 aliphatic rings. The van der Waals surface area contributed by atoms with E-state index in [2.05, 4.69) is 21.1 Å². The number of hydrogen-bond acceptors (Lipinski definition) is 6. The van der Waals surface area contributed by atoms with Gasteiger partial charge in [-0.3, -0.25) is 0 Å². The van der Waals surface area contributed by atoms with Crippen LogP contribution in [0, 0.1) is 11.3 Å². The van der Waals surface area contributed by atoms with Gasteiger partial charge in [-0.1, -0.05) is 0 Å². The van der Waals surface area contributed by atoms with Crippen molar-refractivity contribution in [1.29, 1.82) is 5.26 Å². The summed E-state index contributed by atoms with van der Waals surface area (Å²) in [6.07, 6.45) is 0. The Balaban J connectivity index is 1.65. The lowest BCUT2D eigenvalue weighted by atomic mass is 10.1. The van der Waals surface area contributed by atoms with Crippen molar-refractivity contribution in [2.24, 2.45) is 0 Å². The Morgan fingerprint density at radius 3 is 2.79 bits per heavy atom. The van der Waals surface area contributed by atoms with Crippen LogP contribution in [0.3, 0.4) is 0 Å². The lowest BCUT2D eigenvalue weighted by molar-refractivity contribution is -0.0504. The lowest BCUT2D eigenvalue weighted by Gasteiger charge is -2.13. The summed E-state index contributed by atoms with van der Waals surface area (Å²) >= 11 is 0. The molecule has 9 heteroatoms. The summed E-state index contributed by atoms with van der Waals surface area (Å²) in [7, 11) is 0. The summed E-state index contributed by atoms with van der Waals surface area (Å²) in [5.74, 6) is 1.41. The van der Waals surface area contributed by atoms with Crippen LogP contribution in [0.15, 0.2) is 30.3 Å². The van der Waals surface area contributed by atoms with Crippen molar-refractivity contribution in [1.82, 2.24) is 9.55 Å². The molecule has 0 fully saturated rings. The van der Waals surface area contributed by atoms with Gasteiger partial charge in [-0.25, -0.2) is 4.98 Å². The van der Waals surface area contributed by atoms with Crippen LogP contribution in [0.2, 0.25) is 0 Å². The highest BCUT2D eigenvalue weighted by molar-refractivity contribution is 5.80. The zero-order chi connectivity index (χ0) is 19.7. The largest absolute Gasteiger partial charge is 0.454 e. The van der Waals surface area contributed by atoms with Gasteiger partial charge >= 0.3 is 6.61 Å². The topological polar surface area (TPSA) is 81.3 Å². The van der Waals surface area contributed by atoms with Crippen molar-refractivity contribution in [2.75, 3.05) is 12.1 Å². The van der Waals surface area contributed by atoms with Gasteiger partial charge in [0, 0.05) is 24.7 Å². The third-order valence-electron chi connectivity index (χ3n) is 4.40. The number of imidazole rings is 1. The minimum Gasteiger partial charge on any atom is -0.454 e. The summed E-state index contributed by atoms with van der Waals surface area (Å²) in [5.41, 5.74) is 2.55. The number of rotatable bonds is 6. The molecule has 0 bridgehead atoms.